The van der Waals surface area contributed by atoms with Crippen molar-refractivity contribution in [2.45, 2.75) is 32.7 Å². The lowest BCUT2D eigenvalue weighted by atomic mass is 10.1. The summed E-state index contributed by atoms with van der Waals surface area (Å²) in [6.07, 6.45) is 3.56. The van der Waals surface area contributed by atoms with E-state index in [1.54, 1.807) is 13.2 Å². The Morgan fingerprint density at radius 3 is 2.77 bits per heavy atom. The van der Waals surface area contributed by atoms with E-state index in [1.165, 1.54) is 0 Å². The number of rotatable bonds is 3. The monoisotopic (exact) mass is 300 g/mol. The van der Waals surface area contributed by atoms with E-state index in [4.69, 9.17) is 0 Å². The Morgan fingerprint density at radius 2 is 2.09 bits per heavy atom. The molecule has 1 aliphatic heterocycles. The molecule has 0 aliphatic carbocycles. The molecule has 1 saturated heterocycles. The van der Waals surface area contributed by atoms with Gasteiger partial charge >= 0.3 is 0 Å². The molecule has 7 heteroatoms. The molecule has 0 aromatic carbocycles. The molecule has 2 aromatic heterocycles. The lowest BCUT2D eigenvalue weighted by molar-refractivity contribution is 0.0961. The van der Waals surface area contributed by atoms with E-state index >= 15 is 0 Å². The lowest BCUT2D eigenvalue weighted by Crippen LogP contribution is -2.28. The molecule has 1 amide bonds. The molecule has 0 radical (unpaired) electrons. The Balaban J connectivity index is 1.97. The van der Waals surface area contributed by atoms with Gasteiger partial charge in [0.2, 0.25) is 5.95 Å². The Bertz CT molecular complexity index is 675. The summed E-state index contributed by atoms with van der Waals surface area (Å²) in [5.74, 6) is 0.592. The molecule has 2 aromatic rings. The molecule has 1 fully saturated rings. The van der Waals surface area contributed by atoms with E-state index in [9.17, 15) is 4.79 Å². The van der Waals surface area contributed by atoms with Crippen molar-refractivity contribution in [3.05, 3.63) is 34.9 Å². The van der Waals surface area contributed by atoms with Crippen molar-refractivity contribution in [3.63, 3.8) is 0 Å². The summed E-state index contributed by atoms with van der Waals surface area (Å²) in [7, 11) is 1.62. The fourth-order valence-electron chi connectivity index (χ4n) is 3.01. The molecule has 2 N–H and O–H groups in total. The van der Waals surface area contributed by atoms with Crippen molar-refractivity contribution in [2.75, 3.05) is 18.5 Å². The van der Waals surface area contributed by atoms with Crippen LogP contribution >= 0.6 is 0 Å². The number of H-pyrrole nitrogens is 1. The van der Waals surface area contributed by atoms with Crippen molar-refractivity contribution < 1.29 is 4.79 Å². The zero-order valence-electron chi connectivity index (χ0n) is 13.1. The smallest absolute Gasteiger partial charge is 0.254 e. The standard InChI is InChI=1S/C15H20N6O/c1-9-7-10(2)19-15(18-9)21-6-4-5-12(21)13-11(8-17-20-13)14(22)16-3/h7-8,12H,4-6H2,1-3H3,(H,16,22)(H,17,20)/t12-/m1/s1. The predicted molar refractivity (Wildman–Crippen MR) is 82.8 cm³/mol. The van der Waals surface area contributed by atoms with Crippen LogP contribution in [0.1, 0.15) is 46.3 Å². The number of aryl methyl sites for hydroxylation is 2. The molecular weight excluding hydrogens is 280 g/mol. The minimum absolute atomic E-state index is 0.0519. The topological polar surface area (TPSA) is 86.8 Å². The zero-order valence-corrected chi connectivity index (χ0v) is 13.1. The summed E-state index contributed by atoms with van der Waals surface area (Å²) in [5.41, 5.74) is 3.32. The average Bonchev–Trinajstić information content (AvgIpc) is 3.13. The summed E-state index contributed by atoms with van der Waals surface area (Å²) < 4.78 is 0. The SMILES string of the molecule is CNC(=O)c1cn[nH]c1[C@H]1CCCN1c1nc(C)cc(C)n1. The van der Waals surface area contributed by atoms with E-state index in [1.807, 2.05) is 19.9 Å². The molecule has 3 heterocycles. The summed E-state index contributed by atoms with van der Waals surface area (Å²) in [6, 6.07) is 2.01. The number of carbonyl (C=O) groups is 1. The molecule has 1 atom stereocenters. The van der Waals surface area contributed by atoms with E-state index in [0.29, 0.717) is 5.56 Å². The van der Waals surface area contributed by atoms with Crippen LogP contribution in [0.4, 0.5) is 5.95 Å². The van der Waals surface area contributed by atoms with Crippen molar-refractivity contribution in [3.8, 4) is 0 Å². The summed E-state index contributed by atoms with van der Waals surface area (Å²) >= 11 is 0. The molecule has 116 valence electrons. The van der Waals surface area contributed by atoms with Gasteiger partial charge in [0, 0.05) is 25.0 Å². The quantitative estimate of drug-likeness (QED) is 0.897. The highest BCUT2D eigenvalue weighted by Crippen LogP contribution is 2.35. The third kappa shape index (κ3) is 2.54. The van der Waals surface area contributed by atoms with E-state index in [0.717, 1.165) is 42.4 Å². The van der Waals surface area contributed by atoms with Crippen molar-refractivity contribution in [1.29, 1.82) is 0 Å². The number of aromatic nitrogens is 4. The number of carbonyl (C=O) groups excluding carboxylic acids is 1. The molecular formula is C15H20N6O. The third-order valence-corrected chi connectivity index (χ3v) is 3.95. The maximum absolute atomic E-state index is 12.0. The van der Waals surface area contributed by atoms with Crippen LogP contribution < -0.4 is 10.2 Å². The Kier molecular flexibility index (Phi) is 3.79. The number of hydrogen-bond acceptors (Lipinski definition) is 5. The van der Waals surface area contributed by atoms with Crippen LogP contribution in [0, 0.1) is 13.8 Å². The van der Waals surface area contributed by atoms with Gasteiger partial charge in [-0.2, -0.15) is 5.10 Å². The van der Waals surface area contributed by atoms with Gasteiger partial charge in [0.15, 0.2) is 0 Å². The number of aromatic amines is 1. The number of hydrogen-bond donors (Lipinski definition) is 2. The van der Waals surface area contributed by atoms with Crippen molar-refractivity contribution in [1.82, 2.24) is 25.5 Å². The number of anilines is 1. The lowest BCUT2D eigenvalue weighted by Gasteiger charge is -2.25. The molecule has 0 saturated carbocycles. The first-order valence-electron chi connectivity index (χ1n) is 7.44. The molecule has 22 heavy (non-hydrogen) atoms. The maximum Gasteiger partial charge on any atom is 0.254 e. The second-order valence-electron chi connectivity index (χ2n) is 5.58. The van der Waals surface area contributed by atoms with Gasteiger partial charge in [-0.05, 0) is 32.8 Å². The van der Waals surface area contributed by atoms with Gasteiger partial charge in [-0.15, -0.1) is 0 Å². The van der Waals surface area contributed by atoms with Gasteiger partial charge < -0.3 is 10.2 Å². The summed E-state index contributed by atoms with van der Waals surface area (Å²) in [5, 5.41) is 9.68. The van der Waals surface area contributed by atoms with E-state index < -0.39 is 0 Å². The van der Waals surface area contributed by atoms with Crippen LogP contribution in [0.25, 0.3) is 0 Å². The highest BCUT2D eigenvalue weighted by molar-refractivity contribution is 5.95. The highest BCUT2D eigenvalue weighted by atomic mass is 16.1. The van der Waals surface area contributed by atoms with Crippen molar-refractivity contribution >= 4 is 11.9 Å². The molecule has 0 spiro atoms. The number of amides is 1. The van der Waals surface area contributed by atoms with Crippen LogP contribution in [0.2, 0.25) is 0 Å². The number of nitrogens with zero attached hydrogens (tertiary/aromatic N) is 4. The molecule has 1 aliphatic rings. The Labute approximate surface area is 129 Å². The largest absolute Gasteiger partial charge is 0.355 e. The fourth-order valence-corrected chi connectivity index (χ4v) is 3.01. The molecule has 3 rings (SSSR count). The Hall–Kier alpha value is -2.44. The van der Waals surface area contributed by atoms with E-state index in [-0.39, 0.29) is 11.9 Å². The summed E-state index contributed by atoms with van der Waals surface area (Å²) in [6.45, 7) is 4.81. The van der Waals surface area contributed by atoms with Gasteiger partial charge in [-0.1, -0.05) is 0 Å². The van der Waals surface area contributed by atoms with Crippen LogP contribution in [0.5, 0.6) is 0 Å². The minimum atomic E-state index is -0.128. The first-order valence-corrected chi connectivity index (χ1v) is 7.44. The molecule has 0 bridgehead atoms. The first-order chi connectivity index (χ1) is 10.6. The van der Waals surface area contributed by atoms with E-state index in [2.05, 4.69) is 30.4 Å². The minimum Gasteiger partial charge on any atom is -0.355 e. The highest BCUT2D eigenvalue weighted by Gasteiger charge is 2.32. The van der Waals surface area contributed by atoms with Gasteiger partial charge in [-0.3, -0.25) is 9.89 Å². The first kappa shape index (κ1) is 14.5. The van der Waals surface area contributed by atoms with Gasteiger partial charge in [-0.25, -0.2) is 9.97 Å². The van der Waals surface area contributed by atoms with Crippen LogP contribution in [-0.2, 0) is 0 Å². The second kappa shape index (κ2) is 5.75. The van der Waals surface area contributed by atoms with Gasteiger partial charge in [0.1, 0.15) is 0 Å². The second-order valence-corrected chi connectivity index (χ2v) is 5.58. The Morgan fingerprint density at radius 1 is 1.36 bits per heavy atom. The van der Waals surface area contributed by atoms with Crippen LogP contribution in [-0.4, -0.2) is 39.7 Å². The van der Waals surface area contributed by atoms with Gasteiger partial charge in [0.05, 0.1) is 23.5 Å². The van der Waals surface area contributed by atoms with Crippen molar-refractivity contribution in [2.24, 2.45) is 0 Å². The maximum atomic E-state index is 12.0. The van der Waals surface area contributed by atoms with Crippen LogP contribution in [0.3, 0.4) is 0 Å². The van der Waals surface area contributed by atoms with Gasteiger partial charge in [0.25, 0.3) is 5.91 Å². The normalized spacial score (nSPS) is 17.8. The zero-order chi connectivity index (χ0) is 15.7. The fraction of sp³-hybridized carbons (Fsp3) is 0.467. The predicted octanol–water partition coefficient (Wildman–Crippen LogP) is 1.52. The summed E-state index contributed by atoms with van der Waals surface area (Å²) in [4.78, 5) is 23.2. The van der Waals surface area contributed by atoms with Crippen LogP contribution in [0.15, 0.2) is 12.3 Å². The average molecular weight is 300 g/mol. The third-order valence-electron chi connectivity index (χ3n) is 3.95. The molecule has 7 nitrogen and oxygen atoms in total. The number of nitrogens with one attached hydrogen (secondary N) is 2. The molecule has 0 unspecified atom stereocenters.